The number of hydrogen-bond donors (Lipinski definition) is 2. The van der Waals surface area contributed by atoms with Crippen LogP contribution in [0.25, 0.3) is 0 Å². The van der Waals surface area contributed by atoms with Crippen molar-refractivity contribution in [3.63, 3.8) is 0 Å². The van der Waals surface area contributed by atoms with Crippen LogP contribution in [0.2, 0.25) is 0 Å². The summed E-state index contributed by atoms with van der Waals surface area (Å²) in [4.78, 5) is 11.6. The first-order valence-electron chi connectivity index (χ1n) is 6.54. The second kappa shape index (κ2) is 7.14. The van der Waals surface area contributed by atoms with Crippen molar-refractivity contribution in [3.05, 3.63) is 29.3 Å². The highest BCUT2D eigenvalue weighted by atomic mass is 16.5. The van der Waals surface area contributed by atoms with Crippen molar-refractivity contribution >= 4 is 5.91 Å². The minimum atomic E-state index is -0.523. The Morgan fingerprint density at radius 3 is 2.37 bits per heavy atom. The zero-order valence-corrected chi connectivity index (χ0v) is 12.1. The lowest BCUT2D eigenvalue weighted by Crippen LogP contribution is -2.37. The third-order valence-corrected chi connectivity index (χ3v) is 2.84. The first-order valence-corrected chi connectivity index (χ1v) is 6.54. The van der Waals surface area contributed by atoms with Gasteiger partial charge in [-0.2, -0.15) is 0 Å². The molecule has 0 fully saturated rings. The first kappa shape index (κ1) is 15.5. The Hall–Kier alpha value is -1.55. The Morgan fingerprint density at radius 1 is 1.26 bits per heavy atom. The molecule has 0 aliphatic heterocycles. The molecule has 0 radical (unpaired) electrons. The van der Waals surface area contributed by atoms with Gasteiger partial charge in [-0.05, 0) is 43.0 Å². The summed E-state index contributed by atoms with van der Waals surface area (Å²) in [6.45, 7) is 8.00. The van der Waals surface area contributed by atoms with Gasteiger partial charge in [-0.1, -0.05) is 19.9 Å². The van der Waals surface area contributed by atoms with Gasteiger partial charge in [0.2, 0.25) is 0 Å². The lowest BCUT2D eigenvalue weighted by molar-refractivity contribution is -0.123. The standard InChI is InChI=1S/C15H23NO3/c1-10(2)14(17)8-16-15(18)9-19-13-6-11(3)5-12(4)7-13/h5-7,10,14,17H,8-9H2,1-4H3,(H,16,18). The van der Waals surface area contributed by atoms with Crippen LogP contribution in [0.1, 0.15) is 25.0 Å². The predicted molar refractivity (Wildman–Crippen MR) is 75.3 cm³/mol. The Bertz CT molecular complexity index is 409. The molecule has 0 saturated heterocycles. The van der Waals surface area contributed by atoms with E-state index in [1.54, 1.807) is 0 Å². The lowest BCUT2D eigenvalue weighted by atomic mass is 10.1. The average Bonchev–Trinajstić information content (AvgIpc) is 2.32. The molecule has 0 saturated carbocycles. The number of ether oxygens (including phenoxy) is 1. The lowest BCUT2D eigenvalue weighted by Gasteiger charge is -2.15. The van der Waals surface area contributed by atoms with Crippen molar-refractivity contribution in [2.45, 2.75) is 33.8 Å². The molecule has 0 spiro atoms. The molecule has 19 heavy (non-hydrogen) atoms. The normalized spacial score (nSPS) is 12.3. The van der Waals surface area contributed by atoms with Gasteiger partial charge >= 0.3 is 0 Å². The molecule has 0 aromatic heterocycles. The van der Waals surface area contributed by atoms with E-state index < -0.39 is 6.10 Å². The highest BCUT2D eigenvalue weighted by molar-refractivity contribution is 5.77. The number of aryl methyl sites for hydroxylation is 2. The summed E-state index contributed by atoms with van der Waals surface area (Å²) in [5.74, 6) is 0.594. The summed E-state index contributed by atoms with van der Waals surface area (Å²) in [6.07, 6.45) is -0.523. The molecule has 4 nitrogen and oxygen atoms in total. The van der Waals surface area contributed by atoms with Crippen LogP contribution in [-0.4, -0.2) is 30.3 Å². The Morgan fingerprint density at radius 2 is 1.84 bits per heavy atom. The highest BCUT2D eigenvalue weighted by Crippen LogP contribution is 2.15. The van der Waals surface area contributed by atoms with Crippen LogP contribution in [0, 0.1) is 19.8 Å². The van der Waals surface area contributed by atoms with Crippen LogP contribution in [-0.2, 0) is 4.79 Å². The topological polar surface area (TPSA) is 58.6 Å². The number of benzene rings is 1. The number of amides is 1. The van der Waals surface area contributed by atoms with E-state index in [1.165, 1.54) is 0 Å². The molecule has 0 heterocycles. The molecule has 0 bridgehead atoms. The number of hydrogen-bond acceptors (Lipinski definition) is 3. The molecule has 4 heteroatoms. The van der Waals surface area contributed by atoms with Crippen LogP contribution < -0.4 is 10.1 Å². The number of rotatable bonds is 6. The molecule has 0 aliphatic carbocycles. The third-order valence-electron chi connectivity index (χ3n) is 2.84. The Labute approximate surface area is 114 Å². The monoisotopic (exact) mass is 265 g/mol. The zero-order chi connectivity index (χ0) is 14.4. The maximum Gasteiger partial charge on any atom is 0.258 e. The number of carbonyl (C=O) groups is 1. The van der Waals surface area contributed by atoms with Crippen LogP contribution >= 0.6 is 0 Å². The molecule has 1 unspecified atom stereocenters. The van der Waals surface area contributed by atoms with Gasteiger partial charge in [0.05, 0.1) is 6.10 Å². The maximum atomic E-state index is 11.6. The van der Waals surface area contributed by atoms with E-state index in [0.29, 0.717) is 5.75 Å². The van der Waals surface area contributed by atoms with Crippen LogP contribution in [0.3, 0.4) is 0 Å². The van der Waals surface area contributed by atoms with Crippen molar-refractivity contribution < 1.29 is 14.6 Å². The van der Waals surface area contributed by atoms with Gasteiger partial charge in [-0.25, -0.2) is 0 Å². The van der Waals surface area contributed by atoms with Crippen molar-refractivity contribution in [3.8, 4) is 5.75 Å². The smallest absolute Gasteiger partial charge is 0.258 e. The molecule has 0 aliphatic rings. The Kier molecular flexibility index (Phi) is 5.83. The molecular weight excluding hydrogens is 242 g/mol. The number of carbonyl (C=O) groups excluding carboxylic acids is 1. The molecule has 106 valence electrons. The van der Waals surface area contributed by atoms with E-state index in [9.17, 15) is 9.90 Å². The predicted octanol–water partition coefficient (Wildman–Crippen LogP) is 1.82. The van der Waals surface area contributed by atoms with Crippen LogP contribution in [0.15, 0.2) is 18.2 Å². The van der Waals surface area contributed by atoms with Gasteiger partial charge in [0.25, 0.3) is 5.91 Å². The van der Waals surface area contributed by atoms with E-state index in [-0.39, 0.29) is 25.0 Å². The summed E-state index contributed by atoms with van der Waals surface area (Å²) in [6, 6.07) is 5.83. The summed E-state index contributed by atoms with van der Waals surface area (Å²) in [7, 11) is 0. The second-order valence-electron chi connectivity index (χ2n) is 5.23. The van der Waals surface area contributed by atoms with E-state index in [0.717, 1.165) is 11.1 Å². The van der Waals surface area contributed by atoms with Gasteiger partial charge < -0.3 is 15.2 Å². The molecule has 1 amide bonds. The van der Waals surface area contributed by atoms with Gasteiger partial charge in [-0.3, -0.25) is 4.79 Å². The maximum absolute atomic E-state index is 11.6. The minimum absolute atomic E-state index is 0.0340. The van der Waals surface area contributed by atoms with Crippen molar-refractivity contribution in [1.82, 2.24) is 5.32 Å². The summed E-state index contributed by atoms with van der Waals surface area (Å²) < 4.78 is 5.43. The fourth-order valence-corrected chi connectivity index (χ4v) is 1.67. The van der Waals surface area contributed by atoms with Gasteiger partial charge in [-0.15, -0.1) is 0 Å². The molecule has 1 aromatic rings. The van der Waals surface area contributed by atoms with E-state index in [2.05, 4.69) is 5.32 Å². The summed E-state index contributed by atoms with van der Waals surface area (Å²) >= 11 is 0. The zero-order valence-electron chi connectivity index (χ0n) is 12.1. The Balaban J connectivity index is 2.37. The number of nitrogens with one attached hydrogen (secondary N) is 1. The van der Waals surface area contributed by atoms with E-state index >= 15 is 0 Å². The van der Waals surface area contributed by atoms with Crippen molar-refractivity contribution in [2.75, 3.05) is 13.2 Å². The summed E-state index contributed by atoms with van der Waals surface area (Å²) in [5.41, 5.74) is 2.20. The van der Waals surface area contributed by atoms with Crippen molar-refractivity contribution in [1.29, 1.82) is 0 Å². The largest absolute Gasteiger partial charge is 0.484 e. The van der Waals surface area contributed by atoms with Gasteiger partial charge in [0, 0.05) is 6.54 Å². The SMILES string of the molecule is Cc1cc(C)cc(OCC(=O)NCC(O)C(C)C)c1. The second-order valence-corrected chi connectivity index (χ2v) is 5.23. The van der Waals surface area contributed by atoms with Crippen molar-refractivity contribution in [2.24, 2.45) is 5.92 Å². The quantitative estimate of drug-likeness (QED) is 0.825. The summed E-state index contributed by atoms with van der Waals surface area (Å²) in [5, 5.41) is 12.2. The van der Waals surface area contributed by atoms with Gasteiger partial charge in [0.15, 0.2) is 6.61 Å². The molecule has 1 atom stereocenters. The molecule has 1 aromatic carbocycles. The third kappa shape index (κ3) is 5.75. The van der Waals surface area contributed by atoms with Crippen LogP contribution in [0.4, 0.5) is 0 Å². The molecular formula is C15H23NO3. The average molecular weight is 265 g/mol. The number of aliphatic hydroxyl groups excluding tert-OH is 1. The first-order chi connectivity index (χ1) is 8.88. The fourth-order valence-electron chi connectivity index (χ4n) is 1.67. The molecule has 1 rings (SSSR count). The fraction of sp³-hybridized carbons (Fsp3) is 0.533. The van der Waals surface area contributed by atoms with E-state index in [1.807, 2.05) is 45.9 Å². The van der Waals surface area contributed by atoms with E-state index in [4.69, 9.17) is 4.74 Å². The number of aliphatic hydroxyl groups is 1. The molecule has 2 N–H and O–H groups in total. The van der Waals surface area contributed by atoms with Gasteiger partial charge in [0.1, 0.15) is 5.75 Å². The minimum Gasteiger partial charge on any atom is -0.484 e. The highest BCUT2D eigenvalue weighted by Gasteiger charge is 2.11. The van der Waals surface area contributed by atoms with Crippen LogP contribution in [0.5, 0.6) is 5.75 Å².